The molecule has 3 N–H and O–H groups in total. The maximum Gasteiger partial charge on any atom is 0.252 e. The number of hydrogen-bond acceptors (Lipinski definition) is 6. The van der Waals surface area contributed by atoms with Gasteiger partial charge in [-0.3, -0.25) is 9.59 Å². The molecule has 1 aliphatic rings. The van der Waals surface area contributed by atoms with Crippen LogP contribution in [0.3, 0.4) is 0 Å². The van der Waals surface area contributed by atoms with Crippen LogP contribution >= 0.6 is 0 Å². The third-order valence-electron chi connectivity index (χ3n) is 6.72. The highest BCUT2D eigenvalue weighted by atomic mass is 16.5. The third kappa shape index (κ3) is 8.15. The summed E-state index contributed by atoms with van der Waals surface area (Å²) < 4.78 is 9.74. The van der Waals surface area contributed by atoms with Crippen molar-refractivity contribution in [3.63, 3.8) is 0 Å². The Hall–Kier alpha value is -3.69. The number of carbonyl (C=O) groups is 1. The summed E-state index contributed by atoms with van der Waals surface area (Å²) in [4.78, 5) is 30.3. The van der Waals surface area contributed by atoms with Crippen molar-refractivity contribution in [2.75, 3.05) is 26.8 Å². The van der Waals surface area contributed by atoms with Gasteiger partial charge in [-0.25, -0.2) is 4.98 Å². The number of ether oxygens (including phenoxy) is 1. The van der Waals surface area contributed by atoms with E-state index < -0.39 is 0 Å². The third-order valence-corrected chi connectivity index (χ3v) is 6.72. The molecule has 0 bridgehead atoms. The van der Waals surface area contributed by atoms with E-state index in [1.54, 1.807) is 6.33 Å². The Morgan fingerprint density at radius 2 is 1.97 bits per heavy atom. The van der Waals surface area contributed by atoms with E-state index in [-0.39, 0.29) is 5.56 Å². The molecule has 0 aliphatic carbocycles. The normalized spacial score (nSPS) is 14.6. The maximum absolute atomic E-state index is 11.7. The largest absolute Gasteiger partial charge is 0.391 e. The fourth-order valence-corrected chi connectivity index (χ4v) is 4.61. The first-order valence-electron chi connectivity index (χ1n) is 13.5. The Morgan fingerprint density at radius 3 is 2.56 bits per heavy atom. The predicted octanol–water partition coefficient (Wildman–Crippen LogP) is 4.05. The molecule has 4 heterocycles. The second kappa shape index (κ2) is 14.5. The van der Waals surface area contributed by atoms with Crippen LogP contribution in [0.2, 0.25) is 0 Å². The van der Waals surface area contributed by atoms with Crippen LogP contribution in [0, 0.1) is 13.8 Å². The summed E-state index contributed by atoms with van der Waals surface area (Å²) in [5.41, 5.74) is 7.42. The number of aromatic amines is 1. The van der Waals surface area contributed by atoms with E-state index >= 15 is 0 Å². The van der Waals surface area contributed by atoms with Crippen LogP contribution in [0.1, 0.15) is 55.2 Å². The Balaban J connectivity index is 0.000000293. The molecule has 0 saturated carbocycles. The van der Waals surface area contributed by atoms with E-state index in [2.05, 4.69) is 37.4 Å². The second-order valence-corrected chi connectivity index (χ2v) is 9.90. The van der Waals surface area contributed by atoms with Gasteiger partial charge in [0.25, 0.3) is 5.56 Å². The quantitative estimate of drug-likeness (QED) is 0.217. The summed E-state index contributed by atoms with van der Waals surface area (Å²) in [6.45, 7) is 10.8. The van der Waals surface area contributed by atoms with Crippen LogP contribution < -0.4 is 16.2 Å². The highest BCUT2D eigenvalue weighted by Crippen LogP contribution is 2.30. The summed E-state index contributed by atoms with van der Waals surface area (Å²) in [7, 11) is 3.80. The van der Waals surface area contributed by atoms with Gasteiger partial charge in [-0.2, -0.15) is 0 Å². The van der Waals surface area contributed by atoms with Gasteiger partial charge >= 0.3 is 0 Å². The molecular weight excluding hydrogens is 492 g/mol. The monoisotopic (exact) mass is 534 g/mol. The molecule has 3 aromatic heterocycles. The zero-order valence-electron chi connectivity index (χ0n) is 24.0. The van der Waals surface area contributed by atoms with Crippen LogP contribution in [0.5, 0.6) is 0 Å². The van der Waals surface area contributed by atoms with Gasteiger partial charge in [-0.05, 0) is 76.9 Å². The number of imidazole rings is 1. The van der Waals surface area contributed by atoms with Crippen molar-refractivity contribution >= 4 is 12.4 Å². The number of hydrogen-bond donors (Lipinski definition) is 3. The molecule has 1 saturated heterocycles. The van der Waals surface area contributed by atoms with Crippen molar-refractivity contribution in [1.82, 2.24) is 29.7 Å². The van der Waals surface area contributed by atoms with Crippen molar-refractivity contribution < 1.29 is 9.53 Å². The lowest BCUT2D eigenvalue weighted by Gasteiger charge is -2.25. The molecule has 0 amide bonds. The lowest BCUT2D eigenvalue weighted by atomic mass is 10.1. The molecule has 0 atom stereocenters. The minimum atomic E-state index is 0.0156. The van der Waals surface area contributed by atoms with Crippen LogP contribution in [0.25, 0.3) is 17.3 Å². The summed E-state index contributed by atoms with van der Waals surface area (Å²) in [5.74, 6) is 0. The molecule has 9 nitrogen and oxygen atoms in total. The standard InChI is InChI=1S/C21H28N4O2.C9H14N2O/c1-4-22-11-16(2)18(14-26)10-20-9-17(21-13-24(3)15-23-21)12-25(20)19-5-7-27-8-6-19;1-6-4-7(2)11-9(12)8(6)5-10-3/h9-15,19,22H,4-8H2,1-3H3;4,10H,5H2,1-3H3,(H,11,12)/b16-11+,18-10-;. The van der Waals surface area contributed by atoms with E-state index in [4.69, 9.17) is 4.74 Å². The number of nitrogens with zero attached hydrogens (tertiary/aromatic N) is 3. The van der Waals surface area contributed by atoms with E-state index in [0.29, 0.717) is 18.2 Å². The van der Waals surface area contributed by atoms with Crippen molar-refractivity contribution in [3.05, 3.63) is 81.1 Å². The highest BCUT2D eigenvalue weighted by molar-refractivity contribution is 5.87. The zero-order valence-corrected chi connectivity index (χ0v) is 24.0. The van der Waals surface area contributed by atoms with Crippen molar-refractivity contribution in [3.8, 4) is 11.3 Å². The predicted molar refractivity (Wildman–Crippen MR) is 156 cm³/mol. The summed E-state index contributed by atoms with van der Waals surface area (Å²) in [5, 5.41) is 6.13. The number of aromatic nitrogens is 4. The number of carbonyl (C=O) groups excluding carboxylic acids is 1. The van der Waals surface area contributed by atoms with Crippen LogP contribution in [-0.4, -0.2) is 52.2 Å². The van der Waals surface area contributed by atoms with Gasteiger partial charge in [-0.15, -0.1) is 0 Å². The summed E-state index contributed by atoms with van der Waals surface area (Å²) >= 11 is 0. The van der Waals surface area contributed by atoms with Gasteiger partial charge in [0, 0.05) is 86.1 Å². The fraction of sp³-hybridized carbons (Fsp3) is 0.433. The van der Waals surface area contributed by atoms with Crippen LogP contribution in [0.15, 0.2) is 53.0 Å². The minimum Gasteiger partial charge on any atom is -0.391 e. The number of rotatable bonds is 9. The molecule has 1 aliphatic heterocycles. The fourth-order valence-electron chi connectivity index (χ4n) is 4.61. The molecule has 0 unspecified atom stereocenters. The lowest BCUT2D eigenvalue weighted by Crippen LogP contribution is -2.20. The molecule has 4 rings (SSSR count). The van der Waals surface area contributed by atoms with E-state index in [1.165, 1.54) is 0 Å². The molecule has 9 heteroatoms. The molecule has 210 valence electrons. The smallest absolute Gasteiger partial charge is 0.252 e. The Bertz CT molecular complexity index is 1360. The van der Waals surface area contributed by atoms with E-state index in [9.17, 15) is 9.59 Å². The van der Waals surface area contributed by atoms with Crippen LogP contribution in [-0.2, 0) is 23.1 Å². The highest BCUT2D eigenvalue weighted by Gasteiger charge is 2.19. The van der Waals surface area contributed by atoms with Gasteiger partial charge < -0.3 is 29.5 Å². The molecule has 39 heavy (non-hydrogen) atoms. The van der Waals surface area contributed by atoms with Crippen LogP contribution in [0.4, 0.5) is 0 Å². The molecule has 3 aromatic rings. The average Bonchev–Trinajstić information content (AvgIpc) is 3.55. The first kappa shape index (κ1) is 29.9. The maximum atomic E-state index is 11.7. The van der Waals surface area contributed by atoms with Gasteiger partial charge in [0.1, 0.15) is 6.29 Å². The molecular formula is C30H42N6O3. The van der Waals surface area contributed by atoms with Gasteiger partial charge in [0.2, 0.25) is 0 Å². The molecule has 0 spiro atoms. The second-order valence-electron chi connectivity index (χ2n) is 9.90. The molecule has 1 fully saturated rings. The van der Waals surface area contributed by atoms with Gasteiger partial charge in [0.05, 0.1) is 12.0 Å². The minimum absolute atomic E-state index is 0.0156. The molecule has 0 radical (unpaired) electrons. The summed E-state index contributed by atoms with van der Waals surface area (Å²) in [6, 6.07) is 4.46. The van der Waals surface area contributed by atoms with Crippen molar-refractivity contribution in [2.24, 2.45) is 7.05 Å². The number of aldehydes is 1. The Kier molecular flexibility index (Phi) is 11.1. The molecule has 0 aromatic carbocycles. The van der Waals surface area contributed by atoms with E-state index in [0.717, 1.165) is 78.2 Å². The van der Waals surface area contributed by atoms with Gasteiger partial charge in [0.15, 0.2) is 0 Å². The van der Waals surface area contributed by atoms with Crippen molar-refractivity contribution in [2.45, 2.75) is 53.1 Å². The Labute approximate surface area is 231 Å². The Morgan fingerprint density at radius 1 is 1.23 bits per heavy atom. The van der Waals surface area contributed by atoms with Crippen molar-refractivity contribution in [1.29, 1.82) is 0 Å². The zero-order chi connectivity index (χ0) is 28.4. The first-order chi connectivity index (χ1) is 18.8. The topological polar surface area (TPSA) is 106 Å². The lowest BCUT2D eigenvalue weighted by molar-refractivity contribution is -0.104. The number of allylic oxidation sites excluding steroid dienone is 2. The van der Waals surface area contributed by atoms with E-state index in [1.807, 2.05) is 70.9 Å². The first-order valence-corrected chi connectivity index (χ1v) is 13.5. The van der Waals surface area contributed by atoms with Gasteiger partial charge in [-0.1, -0.05) is 0 Å². The number of H-pyrrole nitrogens is 1. The average molecular weight is 535 g/mol. The number of pyridine rings is 1. The summed E-state index contributed by atoms with van der Waals surface area (Å²) in [6.07, 6.45) is 12.7. The number of aryl methyl sites for hydroxylation is 3. The SMILES string of the molecule is CCN/C=C(C)/C(C=O)=C\c1cc(-c2cn(C)cn2)cn1C1CCOCC1.CNCc1c(C)cc(C)[nH]c1=O. The number of nitrogens with one attached hydrogen (secondary N) is 3.